The fourth-order valence-electron chi connectivity index (χ4n) is 1.40. The maximum absolute atomic E-state index is 12.8. The molecule has 0 aliphatic heterocycles. The van der Waals surface area contributed by atoms with Crippen LogP contribution in [-0.2, 0) is 6.18 Å². The average Bonchev–Trinajstić information content (AvgIpc) is 2.80. The van der Waals surface area contributed by atoms with Gasteiger partial charge in [-0.1, -0.05) is 0 Å². The number of halogens is 3. The van der Waals surface area contributed by atoms with Crippen LogP contribution in [0.4, 0.5) is 18.9 Å². The molecule has 18 heavy (non-hydrogen) atoms. The van der Waals surface area contributed by atoms with E-state index in [0.29, 0.717) is 6.07 Å². The predicted octanol–water partition coefficient (Wildman–Crippen LogP) is 2.19. The molecule has 0 N–H and O–H groups in total. The van der Waals surface area contributed by atoms with E-state index in [2.05, 4.69) is 10.1 Å². The lowest BCUT2D eigenvalue weighted by atomic mass is 10.1. The van der Waals surface area contributed by atoms with Gasteiger partial charge < -0.3 is 0 Å². The summed E-state index contributed by atoms with van der Waals surface area (Å²) < 4.78 is 39.3. The van der Waals surface area contributed by atoms with Gasteiger partial charge in [0.15, 0.2) is 0 Å². The zero-order valence-electron chi connectivity index (χ0n) is 8.63. The summed E-state index contributed by atoms with van der Waals surface area (Å²) in [6.45, 7) is 0. The zero-order valence-corrected chi connectivity index (χ0v) is 8.63. The third-order valence-corrected chi connectivity index (χ3v) is 2.16. The second-order valence-corrected chi connectivity index (χ2v) is 3.30. The molecule has 0 fully saturated rings. The highest BCUT2D eigenvalue weighted by atomic mass is 19.4. The summed E-state index contributed by atoms with van der Waals surface area (Å²) in [4.78, 5) is 13.1. The van der Waals surface area contributed by atoms with E-state index in [4.69, 9.17) is 0 Å². The van der Waals surface area contributed by atoms with E-state index in [1.165, 1.54) is 0 Å². The maximum atomic E-state index is 12.8. The number of rotatable bonds is 2. The van der Waals surface area contributed by atoms with Gasteiger partial charge in [0, 0.05) is 12.1 Å². The first-order valence-corrected chi connectivity index (χ1v) is 4.60. The lowest BCUT2D eigenvalue weighted by Gasteiger charge is -2.11. The van der Waals surface area contributed by atoms with Crippen molar-refractivity contribution in [1.29, 1.82) is 0 Å². The number of nitro benzene ring substituents is 1. The molecule has 1 aromatic heterocycles. The summed E-state index contributed by atoms with van der Waals surface area (Å²) >= 11 is 0. The van der Waals surface area contributed by atoms with Crippen molar-refractivity contribution in [2.45, 2.75) is 6.18 Å². The summed E-state index contributed by atoms with van der Waals surface area (Å²) in [7, 11) is 0. The van der Waals surface area contributed by atoms with Crippen molar-refractivity contribution in [3.63, 3.8) is 0 Å². The van der Waals surface area contributed by atoms with Crippen molar-refractivity contribution < 1.29 is 18.1 Å². The summed E-state index contributed by atoms with van der Waals surface area (Å²) in [6.07, 6.45) is -2.56. The lowest BCUT2D eigenvalue weighted by Crippen LogP contribution is -2.11. The number of non-ortho nitro benzene ring substituents is 1. The van der Waals surface area contributed by atoms with Gasteiger partial charge in [-0.2, -0.15) is 18.3 Å². The summed E-state index contributed by atoms with van der Waals surface area (Å²) in [5.74, 6) is 0. The van der Waals surface area contributed by atoms with Gasteiger partial charge in [0.1, 0.15) is 12.7 Å². The molecule has 6 nitrogen and oxygen atoms in total. The molecule has 94 valence electrons. The van der Waals surface area contributed by atoms with Gasteiger partial charge >= 0.3 is 6.18 Å². The number of benzene rings is 1. The van der Waals surface area contributed by atoms with E-state index in [9.17, 15) is 23.3 Å². The standard InChI is InChI=1S/C9H5F3N4O2/c10-9(11,12)7-3-6(16(17)18)1-2-8(7)15-5-13-4-14-15/h1-5H. The van der Waals surface area contributed by atoms with E-state index in [1.54, 1.807) is 0 Å². The van der Waals surface area contributed by atoms with Crippen LogP contribution in [0.2, 0.25) is 0 Å². The Morgan fingerprint density at radius 3 is 2.56 bits per heavy atom. The zero-order chi connectivity index (χ0) is 13.3. The topological polar surface area (TPSA) is 73.8 Å². The first-order chi connectivity index (χ1) is 8.39. The second kappa shape index (κ2) is 4.09. The molecule has 0 spiro atoms. The van der Waals surface area contributed by atoms with Gasteiger partial charge in [0.25, 0.3) is 5.69 Å². The van der Waals surface area contributed by atoms with Crippen molar-refractivity contribution >= 4 is 5.69 Å². The van der Waals surface area contributed by atoms with Gasteiger partial charge in [0.2, 0.25) is 0 Å². The average molecular weight is 258 g/mol. The smallest absolute Gasteiger partial charge is 0.258 e. The van der Waals surface area contributed by atoms with Crippen LogP contribution in [0, 0.1) is 10.1 Å². The molecule has 0 aliphatic rings. The number of hydrogen-bond donors (Lipinski definition) is 0. The van der Waals surface area contributed by atoms with Crippen molar-refractivity contribution in [3.05, 3.63) is 46.5 Å². The number of aromatic nitrogens is 3. The third kappa shape index (κ3) is 2.14. The monoisotopic (exact) mass is 258 g/mol. The molecule has 0 aliphatic carbocycles. The Kier molecular flexibility index (Phi) is 2.73. The van der Waals surface area contributed by atoms with Gasteiger partial charge in [-0.25, -0.2) is 9.67 Å². The molecule has 0 saturated carbocycles. The molecule has 0 radical (unpaired) electrons. The fourth-order valence-corrected chi connectivity index (χ4v) is 1.40. The van der Waals surface area contributed by atoms with E-state index in [0.717, 1.165) is 29.5 Å². The van der Waals surface area contributed by atoms with Gasteiger partial charge in [-0.15, -0.1) is 0 Å². The lowest BCUT2D eigenvalue weighted by molar-refractivity contribution is -0.385. The minimum absolute atomic E-state index is 0.314. The molecule has 0 unspecified atom stereocenters. The van der Waals surface area contributed by atoms with Crippen LogP contribution in [-0.4, -0.2) is 19.7 Å². The Balaban J connectivity index is 2.64. The molecule has 2 rings (SSSR count). The second-order valence-electron chi connectivity index (χ2n) is 3.30. The molecule has 0 atom stereocenters. The molecule has 0 saturated heterocycles. The molecule has 0 bridgehead atoms. The third-order valence-electron chi connectivity index (χ3n) is 2.16. The van der Waals surface area contributed by atoms with Gasteiger partial charge in [-0.3, -0.25) is 10.1 Å². The minimum Gasteiger partial charge on any atom is -0.258 e. The highest BCUT2D eigenvalue weighted by Gasteiger charge is 2.35. The van der Waals surface area contributed by atoms with Gasteiger partial charge in [-0.05, 0) is 6.07 Å². The molecule has 2 aromatic rings. The van der Waals surface area contributed by atoms with Crippen LogP contribution < -0.4 is 0 Å². The molecule has 1 aromatic carbocycles. The number of alkyl halides is 3. The number of nitro groups is 1. The van der Waals surface area contributed by atoms with E-state index in [1.807, 2.05) is 0 Å². The van der Waals surface area contributed by atoms with E-state index >= 15 is 0 Å². The molecule has 9 heteroatoms. The van der Waals surface area contributed by atoms with Crippen LogP contribution in [0.1, 0.15) is 5.56 Å². The highest BCUT2D eigenvalue weighted by molar-refractivity contribution is 5.49. The van der Waals surface area contributed by atoms with Gasteiger partial charge in [0.05, 0.1) is 16.2 Å². The minimum atomic E-state index is -4.71. The first kappa shape index (κ1) is 12.0. The molecule has 0 amide bonds. The molecule has 1 heterocycles. The van der Waals surface area contributed by atoms with Crippen LogP contribution in [0.3, 0.4) is 0 Å². The van der Waals surface area contributed by atoms with Crippen molar-refractivity contribution in [2.75, 3.05) is 0 Å². The van der Waals surface area contributed by atoms with E-state index < -0.39 is 22.4 Å². The molecular weight excluding hydrogens is 253 g/mol. The van der Waals surface area contributed by atoms with E-state index in [-0.39, 0.29) is 5.69 Å². The Hall–Kier alpha value is -2.45. The van der Waals surface area contributed by atoms with Crippen LogP contribution in [0.15, 0.2) is 30.9 Å². The quantitative estimate of drug-likeness (QED) is 0.611. The Morgan fingerprint density at radius 1 is 1.33 bits per heavy atom. The number of nitrogens with zero attached hydrogens (tertiary/aromatic N) is 4. The van der Waals surface area contributed by atoms with Crippen molar-refractivity contribution in [3.8, 4) is 5.69 Å². The number of hydrogen-bond acceptors (Lipinski definition) is 4. The summed E-state index contributed by atoms with van der Waals surface area (Å²) in [5, 5.41) is 14.1. The van der Waals surface area contributed by atoms with Crippen LogP contribution >= 0.6 is 0 Å². The maximum Gasteiger partial charge on any atom is 0.418 e. The van der Waals surface area contributed by atoms with Crippen LogP contribution in [0.5, 0.6) is 0 Å². The highest BCUT2D eigenvalue weighted by Crippen LogP contribution is 2.35. The molecular formula is C9H5F3N4O2. The first-order valence-electron chi connectivity index (χ1n) is 4.60. The van der Waals surface area contributed by atoms with Crippen LogP contribution in [0.25, 0.3) is 5.69 Å². The normalized spacial score (nSPS) is 11.5. The SMILES string of the molecule is O=[N+]([O-])c1ccc(-n2cncn2)c(C(F)(F)F)c1. The Morgan fingerprint density at radius 2 is 2.06 bits per heavy atom. The Bertz CT molecular complexity index is 580. The fraction of sp³-hybridized carbons (Fsp3) is 0.111. The van der Waals surface area contributed by atoms with Crippen molar-refractivity contribution in [1.82, 2.24) is 14.8 Å². The predicted molar refractivity (Wildman–Crippen MR) is 53.0 cm³/mol. The largest absolute Gasteiger partial charge is 0.418 e. The Labute approximate surface area is 97.8 Å². The summed E-state index contributed by atoms with van der Waals surface area (Å²) in [5.41, 5.74) is -2.08. The summed E-state index contributed by atoms with van der Waals surface area (Å²) in [6, 6.07) is 2.43. The van der Waals surface area contributed by atoms with Crippen molar-refractivity contribution in [2.24, 2.45) is 0 Å².